The lowest BCUT2D eigenvalue weighted by Crippen LogP contribution is -2.45. The number of fused-ring (bicyclic) bond motifs is 1. The molecule has 0 amide bonds. The first kappa shape index (κ1) is 16.7. The maximum atomic E-state index is 11.4. The quantitative estimate of drug-likeness (QED) is 0.556. The van der Waals surface area contributed by atoms with Crippen molar-refractivity contribution >= 4 is 17.9 Å². The summed E-state index contributed by atoms with van der Waals surface area (Å²) in [5, 5.41) is 0. The van der Waals surface area contributed by atoms with Gasteiger partial charge in [0.15, 0.2) is 12.2 Å². The third kappa shape index (κ3) is 3.76. The van der Waals surface area contributed by atoms with E-state index in [9.17, 15) is 14.4 Å². The number of esters is 3. The summed E-state index contributed by atoms with van der Waals surface area (Å²) in [4.78, 5) is 36.1. The molecule has 0 N–H and O–H groups in total. The number of hydrogen-bond donors (Lipinski definition) is 0. The zero-order chi connectivity index (χ0) is 16.3. The highest BCUT2D eigenvalue weighted by Gasteiger charge is 2.53. The Bertz CT molecular complexity index is 451. The van der Waals surface area contributed by atoms with Crippen molar-refractivity contribution in [3.05, 3.63) is 0 Å². The topological polar surface area (TPSA) is 82.1 Å². The van der Waals surface area contributed by atoms with Gasteiger partial charge in [0.05, 0.1) is 12.1 Å². The predicted octanol–water partition coefficient (Wildman–Crippen LogP) is 0.650. The largest absolute Gasteiger partial charge is 0.464 e. The van der Waals surface area contributed by atoms with Crippen LogP contribution in [0.25, 0.3) is 0 Å². The van der Waals surface area contributed by atoms with Crippen LogP contribution in [0.2, 0.25) is 0 Å². The van der Waals surface area contributed by atoms with E-state index in [2.05, 4.69) is 4.90 Å². The van der Waals surface area contributed by atoms with Crippen LogP contribution in [0.1, 0.15) is 40.0 Å². The molecule has 0 bridgehead atoms. The lowest BCUT2D eigenvalue weighted by molar-refractivity contribution is -0.165. The summed E-state index contributed by atoms with van der Waals surface area (Å²) in [5.74, 6) is -1.22. The van der Waals surface area contributed by atoms with Crippen LogP contribution in [0.4, 0.5) is 0 Å². The van der Waals surface area contributed by atoms with E-state index in [0.717, 1.165) is 25.8 Å². The molecule has 2 aliphatic rings. The molecule has 2 rings (SSSR count). The van der Waals surface area contributed by atoms with E-state index in [1.165, 1.54) is 20.8 Å². The number of carbonyl (C=O) groups is 3. The van der Waals surface area contributed by atoms with Gasteiger partial charge in [-0.1, -0.05) is 6.42 Å². The van der Waals surface area contributed by atoms with Crippen LogP contribution in [-0.2, 0) is 28.6 Å². The molecule has 124 valence electrons. The standard InChI is InChI=1S/C15H23NO6/c1-9(17)20-8-13-15(22-11(3)19)14(21-10(2)18)12-6-4-5-7-16(12)13/h12-15H,4-8H2,1-3H3/t12-,13-,14-,15+/m0/s1. The first-order chi connectivity index (χ1) is 10.4. The minimum atomic E-state index is -0.608. The van der Waals surface area contributed by atoms with Gasteiger partial charge in [0.2, 0.25) is 0 Å². The monoisotopic (exact) mass is 313 g/mol. The average Bonchev–Trinajstić information content (AvgIpc) is 2.69. The van der Waals surface area contributed by atoms with Crippen molar-refractivity contribution in [2.45, 2.75) is 64.3 Å². The van der Waals surface area contributed by atoms with Gasteiger partial charge in [-0.3, -0.25) is 19.3 Å². The van der Waals surface area contributed by atoms with E-state index < -0.39 is 24.1 Å². The highest BCUT2D eigenvalue weighted by Crippen LogP contribution is 2.36. The van der Waals surface area contributed by atoms with Gasteiger partial charge in [0.1, 0.15) is 6.61 Å². The van der Waals surface area contributed by atoms with Gasteiger partial charge in [-0.25, -0.2) is 0 Å². The van der Waals surface area contributed by atoms with Crippen molar-refractivity contribution in [2.24, 2.45) is 0 Å². The normalized spacial score (nSPS) is 31.2. The Balaban J connectivity index is 2.23. The van der Waals surface area contributed by atoms with E-state index in [-0.39, 0.29) is 24.7 Å². The zero-order valence-corrected chi connectivity index (χ0v) is 13.2. The van der Waals surface area contributed by atoms with Gasteiger partial charge in [0, 0.05) is 20.8 Å². The van der Waals surface area contributed by atoms with Gasteiger partial charge >= 0.3 is 17.9 Å². The SMILES string of the molecule is CC(=O)OC[C@H]1[C@@H](OC(C)=O)[C@@H](OC(C)=O)[C@@H]2CCCCN21. The van der Waals surface area contributed by atoms with Crippen molar-refractivity contribution in [3.63, 3.8) is 0 Å². The second-order valence-electron chi connectivity index (χ2n) is 5.82. The maximum absolute atomic E-state index is 11.4. The molecular formula is C15H23NO6. The summed E-state index contributed by atoms with van der Waals surface area (Å²) >= 11 is 0. The molecule has 0 saturated carbocycles. The van der Waals surface area contributed by atoms with Crippen LogP contribution in [0.3, 0.4) is 0 Å². The Labute approximate surface area is 129 Å². The highest BCUT2D eigenvalue weighted by atomic mass is 16.6. The Morgan fingerprint density at radius 1 is 0.955 bits per heavy atom. The van der Waals surface area contributed by atoms with Crippen molar-refractivity contribution in [1.29, 1.82) is 0 Å². The zero-order valence-electron chi connectivity index (χ0n) is 13.2. The Morgan fingerprint density at radius 3 is 2.18 bits per heavy atom. The lowest BCUT2D eigenvalue weighted by Gasteiger charge is -2.33. The molecule has 0 aromatic rings. The third-order valence-electron chi connectivity index (χ3n) is 4.16. The molecule has 7 nitrogen and oxygen atoms in total. The number of carbonyl (C=O) groups excluding carboxylic acids is 3. The van der Waals surface area contributed by atoms with E-state index in [4.69, 9.17) is 14.2 Å². The highest BCUT2D eigenvalue weighted by molar-refractivity contribution is 5.68. The minimum Gasteiger partial charge on any atom is -0.464 e. The molecule has 2 fully saturated rings. The van der Waals surface area contributed by atoms with Crippen LogP contribution in [0.15, 0.2) is 0 Å². The van der Waals surface area contributed by atoms with Crippen LogP contribution in [0.5, 0.6) is 0 Å². The van der Waals surface area contributed by atoms with E-state index in [1.807, 2.05) is 0 Å². The van der Waals surface area contributed by atoms with Gasteiger partial charge in [-0.2, -0.15) is 0 Å². The third-order valence-corrected chi connectivity index (χ3v) is 4.16. The number of nitrogens with zero attached hydrogens (tertiary/aromatic N) is 1. The van der Waals surface area contributed by atoms with Crippen LogP contribution >= 0.6 is 0 Å². The first-order valence-electron chi connectivity index (χ1n) is 7.63. The van der Waals surface area contributed by atoms with Crippen molar-refractivity contribution in [1.82, 2.24) is 4.90 Å². The summed E-state index contributed by atoms with van der Waals surface area (Å²) in [6.45, 7) is 4.95. The van der Waals surface area contributed by atoms with E-state index in [0.29, 0.717) is 0 Å². The predicted molar refractivity (Wildman–Crippen MR) is 75.9 cm³/mol. The molecule has 0 aromatic heterocycles. The fraction of sp³-hybridized carbons (Fsp3) is 0.800. The summed E-state index contributed by atoms with van der Waals surface area (Å²) < 4.78 is 16.0. The second kappa shape index (κ2) is 7.09. The molecule has 2 heterocycles. The van der Waals surface area contributed by atoms with Crippen molar-refractivity contribution < 1.29 is 28.6 Å². The molecule has 0 radical (unpaired) electrons. The summed E-state index contributed by atoms with van der Waals surface area (Å²) in [6, 6.07) is -0.273. The molecule has 7 heteroatoms. The number of ether oxygens (including phenoxy) is 3. The molecule has 0 aliphatic carbocycles. The van der Waals surface area contributed by atoms with Gasteiger partial charge in [0.25, 0.3) is 0 Å². The molecule has 0 unspecified atom stereocenters. The lowest BCUT2D eigenvalue weighted by atomic mass is 10.00. The first-order valence-corrected chi connectivity index (χ1v) is 7.63. The second-order valence-corrected chi connectivity index (χ2v) is 5.82. The smallest absolute Gasteiger partial charge is 0.303 e. The van der Waals surface area contributed by atoms with Gasteiger partial charge < -0.3 is 14.2 Å². The van der Waals surface area contributed by atoms with Crippen LogP contribution in [0, 0.1) is 0 Å². The summed E-state index contributed by atoms with van der Waals surface area (Å²) in [6.07, 6.45) is 1.80. The number of rotatable bonds is 4. The fourth-order valence-corrected chi connectivity index (χ4v) is 3.44. The molecule has 0 spiro atoms. The van der Waals surface area contributed by atoms with Gasteiger partial charge in [-0.05, 0) is 19.4 Å². The molecule has 4 atom stereocenters. The average molecular weight is 313 g/mol. The van der Waals surface area contributed by atoms with Crippen LogP contribution in [-0.4, -0.2) is 60.3 Å². The van der Waals surface area contributed by atoms with Gasteiger partial charge in [-0.15, -0.1) is 0 Å². The summed E-state index contributed by atoms with van der Waals surface area (Å²) in [7, 11) is 0. The Kier molecular flexibility index (Phi) is 5.39. The Hall–Kier alpha value is -1.63. The van der Waals surface area contributed by atoms with E-state index in [1.54, 1.807) is 0 Å². The molecule has 2 aliphatic heterocycles. The molecular weight excluding hydrogens is 290 g/mol. The Morgan fingerprint density at radius 2 is 1.59 bits per heavy atom. The number of piperidine rings is 1. The minimum absolute atomic E-state index is 0.00237. The van der Waals surface area contributed by atoms with Crippen molar-refractivity contribution in [2.75, 3.05) is 13.2 Å². The van der Waals surface area contributed by atoms with E-state index >= 15 is 0 Å². The molecule has 2 saturated heterocycles. The van der Waals surface area contributed by atoms with Crippen LogP contribution < -0.4 is 0 Å². The number of hydrogen-bond acceptors (Lipinski definition) is 7. The maximum Gasteiger partial charge on any atom is 0.303 e. The summed E-state index contributed by atoms with van der Waals surface area (Å²) in [5.41, 5.74) is 0. The fourth-order valence-electron chi connectivity index (χ4n) is 3.44. The molecule has 0 aromatic carbocycles. The molecule has 22 heavy (non-hydrogen) atoms. The van der Waals surface area contributed by atoms with Crippen molar-refractivity contribution in [3.8, 4) is 0 Å².